The highest BCUT2D eigenvalue weighted by atomic mass is 15.2. The Bertz CT molecular complexity index is 266. The summed E-state index contributed by atoms with van der Waals surface area (Å²) in [4.78, 5) is 2.76. The normalized spacial score (nSPS) is 33.0. The quantitative estimate of drug-likeness (QED) is 0.789. The summed E-state index contributed by atoms with van der Waals surface area (Å²) in [5, 5.41) is 3.72. The lowest BCUT2D eigenvalue weighted by molar-refractivity contribution is 0.146. The van der Waals surface area contributed by atoms with Crippen LogP contribution in [0.3, 0.4) is 0 Å². The molecule has 3 aliphatic rings. The number of hydrogen-bond acceptors (Lipinski definition) is 2. The van der Waals surface area contributed by atoms with Crippen molar-refractivity contribution in [3.63, 3.8) is 0 Å². The van der Waals surface area contributed by atoms with Crippen LogP contribution in [0.1, 0.15) is 52.4 Å². The van der Waals surface area contributed by atoms with Gasteiger partial charge < -0.3 is 10.2 Å². The molecule has 0 bridgehead atoms. The largest absolute Gasteiger partial charge is 0.311 e. The molecule has 0 radical (unpaired) electrons. The van der Waals surface area contributed by atoms with Crippen molar-refractivity contribution < 1.29 is 0 Å². The van der Waals surface area contributed by atoms with Crippen molar-refractivity contribution in [1.29, 1.82) is 0 Å². The summed E-state index contributed by atoms with van der Waals surface area (Å²) in [6.45, 7) is 8.60. The lowest BCUT2D eigenvalue weighted by Gasteiger charge is -2.36. The Morgan fingerprint density at radius 2 is 2.00 bits per heavy atom. The molecule has 98 valence electrons. The molecule has 0 aromatic rings. The van der Waals surface area contributed by atoms with E-state index in [2.05, 4.69) is 24.1 Å². The van der Waals surface area contributed by atoms with Gasteiger partial charge in [0.05, 0.1) is 0 Å². The van der Waals surface area contributed by atoms with Gasteiger partial charge >= 0.3 is 0 Å². The molecule has 1 heterocycles. The van der Waals surface area contributed by atoms with Crippen LogP contribution in [0.5, 0.6) is 0 Å². The van der Waals surface area contributed by atoms with Crippen molar-refractivity contribution in [2.75, 3.05) is 19.6 Å². The standard InChI is InChI=1S/C15H28N2/c1-12(2)16-14-4-3-9-17(10-14)11-15(7-8-15)13-5-6-13/h12-14,16H,3-11H2,1-2H3. The molecule has 3 rings (SSSR count). The maximum atomic E-state index is 3.72. The van der Waals surface area contributed by atoms with Crippen LogP contribution in [0.4, 0.5) is 0 Å². The summed E-state index contributed by atoms with van der Waals surface area (Å²) in [7, 11) is 0. The van der Waals surface area contributed by atoms with E-state index in [-0.39, 0.29) is 0 Å². The van der Waals surface area contributed by atoms with Gasteiger partial charge in [-0.15, -0.1) is 0 Å². The predicted octanol–water partition coefficient (Wildman–Crippen LogP) is 2.64. The van der Waals surface area contributed by atoms with Crippen molar-refractivity contribution in [3.8, 4) is 0 Å². The average Bonchev–Trinajstić information content (AvgIpc) is 3.12. The number of piperidine rings is 1. The molecule has 0 aromatic heterocycles. The van der Waals surface area contributed by atoms with Crippen LogP contribution in [0, 0.1) is 11.3 Å². The first-order valence-electron chi connectivity index (χ1n) is 7.66. The van der Waals surface area contributed by atoms with Crippen LogP contribution >= 0.6 is 0 Å². The van der Waals surface area contributed by atoms with Crippen LogP contribution in [0.25, 0.3) is 0 Å². The number of rotatable bonds is 5. The summed E-state index contributed by atoms with van der Waals surface area (Å²) in [5.74, 6) is 1.11. The summed E-state index contributed by atoms with van der Waals surface area (Å²) in [6.07, 6.45) is 8.88. The second-order valence-electron chi connectivity index (χ2n) is 7.03. The Morgan fingerprint density at radius 3 is 2.59 bits per heavy atom. The van der Waals surface area contributed by atoms with Gasteiger partial charge in [-0.2, -0.15) is 0 Å². The topological polar surface area (TPSA) is 15.3 Å². The molecule has 0 aromatic carbocycles. The van der Waals surface area contributed by atoms with Crippen molar-refractivity contribution in [2.45, 2.75) is 64.5 Å². The van der Waals surface area contributed by atoms with Gasteiger partial charge in [0, 0.05) is 25.2 Å². The highest BCUT2D eigenvalue weighted by Gasteiger charge is 2.54. The summed E-state index contributed by atoms with van der Waals surface area (Å²) >= 11 is 0. The zero-order valence-electron chi connectivity index (χ0n) is 11.5. The SMILES string of the molecule is CC(C)NC1CCCN(CC2(C3CC3)CC2)C1. The fraction of sp³-hybridized carbons (Fsp3) is 1.00. The van der Waals surface area contributed by atoms with Crippen LogP contribution in [0.2, 0.25) is 0 Å². The van der Waals surface area contributed by atoms with Crippen LogP contribution in [-0.4, -0.2) is 36.6 Å². The first kappa shape index (κ1) is 12.0. The average molecular weight is 236 g/mol. The second kappa shape index (κ2) is 4.55. The number of nitrogens with zero attached hydrogens (tertiary/aromatic N) is 1. The van der Waals surface area contributed by atoms with Gasteiger partial charge in [0.25, 0.3) is 0 Å². The van der Waals surface area contributed by atoms with Crippen molar-refractivity contribution >= 4 is 0 Å². The second-order valence-corrected chi connectivity index (χ2v) is 7.03. The minimum atomic E-state index is 0.637. The Kier molecular flexibility index (Phi) is 3.20. The zero-order chi connectivity index (χ0) is 11.9. The van der Waals surface area contributed by atoms with Gasteiger partial charge in [0.1, 0.15) is 0 Å². The van der Waals surface area contributed by atoms with E-state index < -0.39 is 0 Å². The van der Waals surface area contributed by atoms with E-state index in [0.717, 1.165) is 17.4 Å². The molecule has 2 aliphatic carbocycles. The minimum Gasteiger partial charge on any atom is -0.311 e. The van der Waals surface area contributed by atoms with Gasteiger partial charge in [0.2, 0.25) is 0 Å². The van der Waals surface area contributed by atoms with Gasteiger partial charge in [0.15, 0.2) is 0 Å². The molecule has 2 nitrogen and oxygen atoms in total. The van der Waals surface area contributed by atoms with E-state index in [1.54, 1.807) is 0 Å². The number of nitrogens with one attached hydrogen (secondary N) is 1. The number of hydrogen-bond donors (Lipinski definition) is 1. The van der Waals surface area contributed by atoms with Gasteiger partial charge in [-0.25, -0.2) is 0 Å². The van der Waals surface area contributed by atoms with E-state index in [1.807, 2.05) is 0 Å². The summed E-state index contributed by atoms with van der Waals surface area (Å²) in [6, 6.07) is 1.39. The third kappa shape index (κ3) is 2.85. The molecule has 17 heavy (non-hydrogen) atoms. The fourth-order valence-electron chi connectivity index (χ4n) is 3.80. The molecular weight excluding hydrogens is 208 g/mol. The third-order valence-electron chi connectivity index (χ3n) is 4.95. The van der Waals surface area contributed by atoms with E-state index >= 15 is 0 Å². The zero-order valence-corrected chi connectivity index (χ0v) is 11.5. The molecule has 1 aliphatic heterocycles. The maximum Gasteiger partial charge on any atom is 0.0197 e. The maximum absolute atomic E-state index is 3.72. The minimum absolute atomic E-state index is 0.637. The Balaban J connectivity index is 1.50. The fourth-order valence-corrected chi connectivity index (χ4v) is 3.80. The highest BCUT2D eigenvalue weighted by molar-refractivity contribution is 5.05. The molecule has 1 unspecified atom stereocenters. The number of likely N-dealkylation sites (tertiary alicyclic amines) is 1. The predicted molar refractivity (Wildman–Crippen MR) is 72.1 cm³/mol. The van der Waals surface area contributed by atoms with Gasteiger partial charge in [-0.05, 0) is 56.4 Å². The smallest absolute Gasteiger partial charge is 0.0197 e. The summed E-state index contributed by atoms with van der Waals surface area (Å²) in [5.41, 5.74) is 0.791. The molecule has 1 N–H and O–H groups in total. The first-order chi connectivity index (χ1) is 8.18. The van der Waals surface area contributed by atoms with Crippen LogP contribution in [0.15, 0.2) is 0 Å². The van der Waals surface area contributed by atoms with E-state index in [0.29, 0.717) is 6.04 Å². The molecule has 1 atom stereocenters. The van der Waals surface area contributed by atoms with Gasteiger partial charge in [-0.3, -0.25) is 0 Å². The molecular formula is C15H28N2. The molecule has 0 amide bonds. The lowest BCUT2D eigenvalue weighted by Crippen LogP contribution is -2.49. The monoisotopic (exact) mass is 236 g/mol. The van der Waals surface area contributed by atoms with E-state index in [1.165, 1.54) is 58.2 Å². The lowest BCUT2D eigenvalue weighted by atomic mass is 9.97. The highest BCUT2D eigenvalue weighted by Crippen LogP contribution is 2.61. The molecule has 1 saturated heterocycles. The Morgan fingerprint density at radius 1 is 1.24 bits per heavy atom. The molecule has 2 heteroatoms. The Labute approximate surface area is 106 Å². The van der Waals surface area contributed by atoms with Crippen LogP contribution in [-0.2, 0) is 0 Å². The van der Waals surface area contributed by atoms with Crippen molar-refractivity contribution in [2.24, 2.45) is 11.3 Å². The molecule has 3 fully saturated rings. The Hall–Kier alpha value is -0.0800. The van der Waals surface area contributed by atoms with E-state index in [9.17, 15) is 0 Å². The van der Waals surface area contributed by atoms with Gasteiger partial charge in [-0.1, -0.05) is 13.8 Å². The first-order valence-corrected chi connectivity index (χ1v) is 7.66. The molecule has 0 spiro atoms. The van der Waals surface area contributed by atoms with E-state index in [4.69, 9.17) is 0 Å². The van der Waals surface area contributed by atoms with Crippen molar-refractivity contribution in [1.82, 2.24) is 10.2 Å². The third-order valence-corrected chi connectivity index (χ3v) is 4.95. The van der Waals surface area contributed by atoms with Crippen LogP contribution < -0.4 is 5.32 Å². The summed E-state index contributed by atoms with van der Waals surface area (Å²) < 4.78 is 0. The van der Waals surface area contributed by atoms with Crippen molar-refractivity contribution in [3.05, 3.63) is 0 Å². The molecule has 2 saturated carbocycles.